The number of amides is 1. The summed E-state index contributed by atoms with van der Waals surface area (Å²) >= 11 is 0. The first-order chi connectivity index (χ1) is 12.6. The zero-order valence-electron chi connectivity index (χ0n) is 15.9. The average molecular weight is 359 g/mol. The van der Waals surface area contributed by atoms with Crippen molar-refractivity contribution in [3.63, 3.8) is 0 Å². The normalized spacial score (nSPS) is 27.7. The van der Waals surface area contributed by atoms with Gasteiger partial charge in [0.1, 0.15) is 12.1 Å². The van der Waals surface area contributed by atoms with Crippen molar-refractivity contribution in [3.05, 3.63) is 12.4 Å². The van der Waals surface area contributed by atoms with Gasteiger partial charge in [0.15, 0.2) is 0 Å². The minimum Gasteiger partial charge on any atom is -0.481 e. The van der Waals surface area contributed by atoms with Crippen molar-refractivity contribution >= 4 is 11.7 Å². The molecule has 3 heterocycles. The Labute approximate surface area is 155 Å². The standard InChI is InChI=1S/C19H29N5O2/c1-22-9-10-24(16-11-17(26-2)21-14-20-16)13-19(22)6-5-18(25)23(8-7-19)12-15-3-4-15/h11,14-15H,3-10,12-13H2,1-2H3/t19-/m1/s1. The highest BCUT2D eigenvalue weighted by Gasteiger charge is 2.43. The lowest BCUT2D eigenvalue weighted by molar-refractivity contribution is -0.130. The van der Waals surface area contributed by atoms with E-state index in [1.54, 1.807) is 13.4 Å². The first-order valence-corrected chi connectivity index (χ1v) is 9.70. The molecule has 3 aliphatic rings. The molecule has 1 aliphatic carbocycles. The molecule has 1 aromatic rings. The Bertz CT molecular complexity index is 665. The van der Waals surface area contributed by atoms with Gasteiger partial charge < -0.3 is 14.5 Å². The highest BCUT2D eigenvalue weighted by molar-refractivity contribution is 5.76. The second kappa shape index (κ2) is 7.02. The topological polar surface area (TPSA) is 61.8 Å². The second-order valence-corrected chi connectivity index (χ2v) is 8.02. The van der Waals surface area contributed by atoms with E-state index in [0.717, 1.165) is 57.3 Å². The first-order valence-electron chi connectivity index (χ1n) is 9.70. The third-order valence-electron chi connectivity index (χ3n) is 6.34. The maximum absolute atomic E-state index is 12.6. The summed E-state index contributed by atoms with van der Waals surface area (Å²) in [6.45, 7) is 4.64. The molecule has 4 rings (SSSR count). The third kappa shape index (κ3) is 3.49. The molecule has 7 heteroatoms. The van der Waals surface area contributed by atoms with Gasteiger partial charge in [0, 0.05) is 50.7 Å². The number of carbonyl (C=O) groups is 1. The fourth-order valence-corrected chi connectivity index (χ4v) is 4.31. The van der Waals surface area contributed by atoms with Gasteiger partial charge in [-0.1, -0.05) is 0 Å². The van der Waals surface area contributed by atoms with E-state index in [1.165, 1.54) is 12.8 Å². The molecule has 1 saturated carbocycles. The molecule has 2 aliphatic heterocycles. The number of likely N-dealkylation sites (tertiary alicyclic amines) is 1. The Morgan fingerprint density at radius 1 is 1.23 bits per heavy atom. The molecule has 1 amide bonds. The summed E-state index contributed by atoms with van der Waals surface area (Å²) < 4.78 is 5.26. The smallest absolute Gasteiger partial charge is 0.222 e. The molecule has 2 saturated heterocycles. The third-order valence-corrected chi connectivity index (χ3v) is 6.34. The van der Waals surface area contributed by atoms with Crippen molar-refractivity contribution in [1.29, 1.82) is 0 Å². The number of methoxy groups -OCH3 is 1. The second-order valence-electron chi connectivity index (χ2n) is 8.02. The van der Waals surface area contributed by atoms with Crippen molar-refractivity contribution in [1.82, 2.24) is 19.8 Å². The molecule has 0 aromatic carbocycles. The molecule has 142 valence electrons. The molecule has 7 nitrogen and oxygen atoms in total. The van der Waals surface area contributed by atoms with Crippen LogP contribution in [0.4, 0.5) is 5.82 Å². The zero-order chi connectivity index (χ0) is 18.1. The Morgan fingerprint density at radius 2 is 2.08 bits per heavy atom. The Balaban J connectivity index is 1.50. The van der Waals surface area contributed by atoms with Crippen LogP contribution >= 0.6 is 0 Å². The summed E-state index contributed by atoms with van der Waals surface area (Å²) in [6, 6.07) is 1.90. The Kier molecular flexibility index (Phi) is 4.73. The predicted octanol–water partition coefficient (Wildman–Crippen LogP) is 1.40. The van der Waals surface area contributed by atoms with Crippen molar-refractivity contribution < 1.29 is 9.53 Å². The number of rotatable bonds is 4. The SMILES string of the molecule is COc1cc(N2CCN(C)[C@@]3(CCC(=O)N(CC4CC4)CC3)C2)ncn1. The number of hydrogen-bond acceptors (Lipinski definition) is 6. The number of aromatic nitrogens is 2. The number of nitrogens with zero attached hydrogens (tertiary/aromatic N) is 5. The van der Waals surface area contributed by atoms with Crippen LogP contribution in [0.15, 0.2) is 12.4 Å². The van der Waals surface area contributed by atoms with Gasteiger partial charge in [0.25, 0.3) is 0 Å². The van der Waals surface area contributed by atoms with Crippen molar-refractivity contribution in [2.75, 3.05) is 51.8 Å². The minimum absolute atomic E-state index is 0.0321. The van der Waals surface area contributed by atoms with Crippen molar-refractivity contribution in [2.45, 2.75) is 37.6 Å². The summed E-state index contributed by atoms with van der Waals surface area (Å²) in [5.74, 6) is 2.59. The molecule has 0 bridgehead atoms. The number of hydrogen-bond donors (Lipinski definition) is 0. The maximum Gasteiger partial charge on any atom is 0.222 e. The van der Waals surface area contributed by atoms with Crippen LogP contribution in [0.25, 0.3) is 0 Å². The maximum atomic E-state index is 12.6. The van der Waals surface area contributed by atoms with E-state index in [4.69, 9.17) is 4.74 Å². The van der Waals surface area contributed by atoms with E-state index in [0.29, 0.717) is 18.2 Å². The fraction of sp³-hybridized carbons (Fsp3) is 0.737. The molecular formula is C19H29N5O2. The first kappa shape index (κ1) is 17.5. The van der Waals surface area contributed by atoms with E-state index in [-0.39, 0.29) is 5.54 Å². The van der Waals surface area contributed by atoms with Gasteiger partial charge in [0.2, 0.25) is 11.8 Å². The number of piperazine rings is 1. The largest absolute Gasteiger partial charge is 0.481 e. The van der Waals surface area contributed by atoms with Gasteiger partial charge in [-0.25, -0.2) is 9.97 Å². The van der Waals surface area contributed by atoms with Gasteiger partial charge in [-0.15, -0.1) is 0 Å². The molecule has 26 heavy (non-hydrogen) atoms. The van der Waals surface area contributed by atoms with Crippen LogP contribution in [-0.2, 0) is 4.79 Å². The monoisotopic (exact) mass is 359 g/mol. The van der Waals surface area contributed by atoms with E-state index < -0.39 is 0 Å². The van der Waals surface area contributed by atoms with Crippen molar-refractivity contribution in [2.24, 2.45) is 5.92 Å². The lowest BCUT2D eigenvalue weighted by Crippen LogP contribution is -2.61. The Morgan fingerprint density at radius 3 is 2.85 bits per heavy atom. The van der Waals surface area contributed by atoms with E-state index >= 15 is 0 Å². The summed E-state index contributed by atoms with van der Waals surface area (Å²) in [5, 5.41) is 0. The van der Waals surface area contributed by atoms with E-state index in [2.05, 4.69) is 31.7 Å². The molecule has 3 fully saturated rings. The predicted molar refractivity (Wildman–Crippen MR) is 99.3 cm³/mol. The van der Waals surface area contributed by atoms with Gasteiger partial charge in [-0.05, 0) is 38.6 Å². The average Bonchev–Trinajstić information content (AvgIpc) is 3.50. The molecule has 0 N–H and O–H groups in total. The molecular weight excluding hydrogens is 330 g/mol. The highest BCUT2D eigenvalue weighted by Crippen LogP contribution is 2.36. The molecule has 0 unspecified atom stereocenters. The van der Waals surface area contributed by atoms with Crippen LogP contribution < -0.4 is 9.64 Å². The molecule has 1 spiro atoms. The van der Waals surface area contributed by atoms with Crippen molar-refractivity contribution in [3.8, 4) is 5.88 Å². The van der Waals surface area contributed by atoms with Gasteiger partial charge in [0.05, 0.1) is 7.11 Å². The minimum atomic E-state index is 0.0321. The summed E-state index contributed by atoms with van der Waals surface area (Å²) in [4.78, 5) is 28.1. The lowest BCUT2D eigenvalue weighted by Gasteiger charge is -2.49. The zero-order valence-corrected chi connectivity index (χ0v) is 15.9. The van der Waals surface area contributed by atoms with Crippen LogP contribution in [0.3, 0.4) is 0 Å². The molecule has 0 radical (unpaired) electrons. The summed E-state index contributed by atoms with van der Waals surface area (Å²) in [5.41, 5.74) is 0.0321. The van der Waals surface area contributed by atoms with E-state index in [1.807, 2.05) is 6.07 Å². The van der Waals surface area contributed by atoms with Gasteiger partial charge >= 0.3 is 0 Å². The molecule has 1 atom stereocenters. The number of anilines is 1. The lowest BCUT2D eigenvalue weighted by atomic mass is 9.86. The number of ether oxygens (including phenoxy) is 1. The quantitative estimate of drug-likeness (QED) is 0.810. The number of likely N-dealkylation sites (N-methyl/N-ethyl adjacent to an activating group) is 1. The van der Waals surface area contributed by atoms with Crippen LogP contribution in [0, 0.1) is 5.92 Å². The Hall–Kier alpha value is -1.89. The molecule has 1 aromatic heterocycles. The highest BCUT2D eigenvalue weighted by atomic mass is 16.5. The summed E-state index contributed by atoms with van der Waals surface area (Å²) in [6.07, 6.45) is 6.74. The number of carbonyl (C=O) groups excluding carboxylic acids is 1. The van der Waals surface area contributed by atoms with Crippen LogP contribution in [0.2, 0.25) is 0 Å². The summed E-state index contributed by atoms with van der Waals surface area (Å²) in [7, 11) is 3.84. The van der Waals surface area contributed by atoms with Gasteiger partial charge in [-0.2, -0.15) is 0 Å². The van der Waals surface area contributed by atoms with Crippen LogP contribution in [0.1, 0.15) is 32.1 Å². The van der Waals surface area contributed by atoms with Gasteiger partial charge in [-0.3, -0.25) is 9.69 Å². The fourth-order valence-electron chi connectivity index (χ4n) is 4.31. The van der Waals surface area contributed by atoms with Crippen LogP contribution in [0.5, 0.6) is 5.88 Å². The van der Waals surface area contributed by atoms with E-state index in [9.17, 15) is 4.79 Å². The van der Waals surface area contributed by atoms with Crippen LogP contribution in [-0.4, -0.2) is 78.1 Å².